The molecule has 0 aromatic carbocycles. The Kier molecular flexibility index (Phi) is 3.72. The minimum atomic E-state index is -0.298. The molecule has 0 aliphatic rings. The summed E-state index contributed by atoms with van der Waals surface area (Å²) in [5.41, 5.74) is 0.828. The van der Waals surface area contributed by atoms with Crippen molar-refractivity contribution in [2.45, 2.75) is 0 Å². The lowest BCUT2D eigenvalue weighted by Gasteiger charge is -2.05. The van der Waals surface area contributed by atoms with Gasteiger partial charge < -0.3 is 15.4 Å². The molecule has 0 aliphatic heterocycles. The molecular weight excluding hydrogens is 182 g/mol. The molecule has 14 heavy (non-hydrogen) atoms. The topological polar surface area (TPSA) is 63.2 Å². The third kappa shape index (κ3) is 2.93. The molecule has 2 N–H and O–H groups in total. The van der Waals surface area contributed by atoms with Gasteiger partial charge in [-0.2, -0.15) is 0 Å². The van der Waals surface area contributed by atoms with E-state index in [0.29, 0.717) is 0 Å². The molecule has 0 saturated carbocycles. The van der Waals surface area contributed by atoms with Crippen molar-refractivity contribution in [2.75, 3.05) is 31.3 Å². The maximum absolute atomic E-state index is 10.8. The average molecular weight is 195 g/mol. The number of methoxy groups -OCH3 is 1. The van der Waals surface area contributed by atoms with E-state index >= 15 is 0 Å². The van der Waals surface area contributed by atoms with Crippen LogP contribution in [-0.2, 0) is 9.53 Å². The van der Waals surface area contributed by atoms with E-state index in [1.807, 2.05) is 6.07 Å². The number of carbonyl (C=O) groups is 1. The number of carbonyl (C=O) groups excluding carboxylic acids is 1. The minimum absolute atomic E-state index is 0.156. The lowest BCUT2D eigenvalue weighted by Crippen LogP contribution is -2.15. The average Bonchev–Trinajstić information content (AvgIpc) is 2.26. The number of nitrogens with zero attached hydrogens (tertiary/aromatic N) is 1. The highest BCUT2D eigenvalue weighted by Gasteiger charge is 1.99. The van der Waals surface area contributed by atoms with Gasteiger partial charge in [-0.25, -0.2) is 4.98 Å². The summed E-state index contributed by atoms with van der Waals surface area (Å²) in [6.45, 7) is 0.156. The fourth-order valence-electron chi connectivity index (χ4n) is 0.924. The molecule has 0 unspecified atom stereocenters. The van der Waals surface area contributed by atoms with E-state index in [-0.39, 0.29) is 12.5 Å². The first kappa shape index (κ1) is 10.3. The van der Waals surface area contributed by atoms with Crippen LogP contribution in [0.2, 0.25) is 0 Å². The predicted molar refractivity (Wildman–Crippen MR) is 54.3 cm³/mol. The highest BCUT2D eigenvalue weighted by Crippen LogP contribution is 2.10. The molecule has 1 rings (SSSR count). The Labute approximate surface area is 82.5 Å². The van der Waals surface area contributed by atoms with Gasteiger partial charge in [-0.05, 0) is 6.07 Å². The van der Waals surface area contributed by atoms with Gasteiger partial charge in [0.2, 0.25) is 0 Å². The number of ether oxygens (including phenoxy) is 1. The molecule has 0 saturated heterocycles. The van der Waals surface area contributed by atoms with Crippen LogP contribution in [0.3, 0.4) is 0 Å². The number of aromatic nitrogens is 1. The molecule has 0 bridgehead atoms. The van der Waals surface area contributed by atoms with Crippen LogP contribution in [0.1, 0.15) is 0 Å². The molecule has 0 fully saturated rings. The van der Waals surface area contributed by atoms with Crippen LogP contribution in [0.15, 0.2) is 18.3 Å². The summed E-state index contributed by atoms with van der Waals surface area (Å²) in [5, 5.41) is 5.82. The number of pyridine rings is 1. The number of hydrogen-bond donors (Lipinski definition) is 2. The second-order valence-electron chi connectivity index (χ2n) is 2.61. The van der Waals surface area contributed by atoms with Crippen molar-refractivity contribution < 1.29 is 9.53 Å². The van der Waals surface area contributed by atoms with E-state index in [1.54, 1.807) is 19.3 Å². The Morgan fingerprint density at radius 2 is 2.43 bits per heavy atom. The monoisotopic (exact) mass is 195 g/mol. The molecular formula is C9H13N3O2. The van der Waals surface area contributed by atoms with Gasteiger partial charge >= 0.3 is 5.97 Å². The first-order chi connectivity index (χ1) is 6.76. The van der Waals surface area contributed by atoms with Crippen LogP contribution in [-0.4, -0.2) is 31.7 Å². The Morgan fingerprint density at radius 1 is 1.64 bits per heavy atom. The van der Waals surface area contributed by atoms with Crippen molar-refractivity contribution >= 4 is 17.5 Å². The summed E-state index contributed by atoms with van der Waals surface area (Å²) in [7, 11) is 3.14. The molecule has 0 radical (unpaired) electrons. The highest BCUT2D eigenvalue weighted by molar-refractivity contribution is 5.75. The summed E-state index contributed by atoms with van der Waals surface area (Å²) < 4.78 is 4.50. The van der Waals surface area contributed by atoms with Gasteiger partial charge in [-0.15, -0.1) is 0 Å². The van der Waals surface area contributed by atoms with Gasteiger partial charge in [0.1, 0.15) is 12.4 Å². The molecule has 0 spiro atoms. The zero-order valence-corrected chi connectivity index (χ0v) is 8.20. The Morgan fingerprint density at radius 3 is 3.07 bits per heavy atom. The van der Waals surface area contributed by atoms with Crippen molar-refractivity contribution in [1.82, 2.24) is 4.98 Å². The second kappa shape index (κ2) is 5.06. The van der Waals surface area contributed by atoms with Crippen LogP contribution in [0.25, 0.3) is 0 Å². The van der Waals surface area contributed by atoms with E-state index < -0.39 is 0 Å². The number of esters is 1. The third-order valence-electron chi connectivity index (χ3n) is 1.68. The summed E-state index contributed by atoms with van der Waals surface area (Å²) in [4.78, 5) is 14.9. The van der Waals surface area contributed by atoms with Gasteiger partial charge in [0.15, 0.2) is 0 Å². The summed E-state index contributed by atoms with van der Waals surface area (Å²) in [6, 6.07) is 3.59. The third-order valence-corrected chi connectivity index (χ3v) is 1.68. The Hall–Kier alpha value is -1.78. The quantitative estimate of drug-likeness (QED) is 0.693. The number of nitrogens with one attached hydrogen (secondary N) is 2. The molecule has 5 nitrogen and oxygen atoms in total. The Bertz CT molecular complexity index is 315. The van der Waals surface area contributed by atoms with Gasteiger partial charge in [-0.1, -0.05) is 0 Å². The zero-order valence-electron chi connectivity index (χ0n) is 8.20. The van der Waals surface area contributed by atoms with Crippen LogP contribution >= 0.6 is 0 Å². The van der Waals surface area contributed by atoms with E-state index in [9.17, 15) is 4.79 Å². The normalized spacial score (nSPS) is 9.29. The van der Waals surface area contributed by atoms with Gasteiger partial charge in [0.05, 0.1) is 7.11 Å². The van der Waals surface area contributed by atoms with Crippen LogP contribution < -0.4 is 10.6 Å². The number of rotatable bonds is 4. The molecule has 0 amide bonds. The van der Waals surface area contributed by atoms with E-state index in [2.05, 4.69) is 20.4 Å². The first-order valence-corrected chi connectivity index (χ1v) is 4.20. The second-order valence-corrected chi connectivity index (χ2v) is 2.61. The minimum Gasteiger partial charge on any atom is -0.468 e. The van der Waals surface area contributed by atoms with Crippen molar-refractivity contribution in [3.63, 3.8) is 0 Å². The number of anilines is 2. The van der Waals surface area contributed by atoms with Crippen LogP contribution in [0.4, 0.5) is 11.5 Å². The maximum Gasteiger partial charge on any atom is 0.325 e. The molecule has 5 heteroatoms. The van der Waals surface area contributed by atoms with E-state index in [0.717, 1.165) is 11.5 Å². The largest absolute Gasteiger partial charge is 0.468 e. The molecule has 0 atom stereocenters. The smallest absolute Gasteiger partial charge is 0.325 e. The summed E-state index contributed by atoms with van der Waals surface area (Å²) in [6.07, 6.45) is 1.66. The van der Waals surface area contributed by atoms with Gasteiger partial charge in [0.25, 0.3) is 0 Å². The summed E-state index contributed by atoms with van der Waals surface area (Å²) in [5.74, 6) is 0.452. The van der Waals surface area contributed by atoms with Crippen molar-refractivity contribution in [1.29, 1.82) is 0 Å². The molecule has 76 valence electrons. The van der Waals surface area contributed by atoms with E-state index in [1.165, 1.54) is 7.11 Å². The Balaban J connectivity index is 2.54. The lowest BCUT2D eigenvalue weighted by atomic mass is 10.4. The first-order valence-electron chi connectivity index (χ1n) is 4.20. The van der Waals surface area contributed by atoms with Crippen molar-refractivity contribution in [3.05, 3.63) is 18.3 Å². The van der Waals surface area contributed by atoms with E-state index in [4.69, 9.17) is 0 Å². The van der Waals surface area contributed by atoms with Crippen molar-refractivity contribution in [3.8, 4) is 0 Å². The molecule has 1 aromatic rings. The fraction of sp³-hybridized carbons (Fsp3) is 0.333. The highest BCUT2D eigenvalue weighted by atomic mass is 16.5. The van der Waals surface area contributed by atoms with Crippen LogP contribution in [0.5, 0.6) is 0 Å². The zero-order chi connectivity index (χ0) is 10.4. The molecule has 1 aromatic heterocycles. The molecule has 1 heterocycles. The molecule has 0 aliphatic carbocycles. The van der Waals surface area contributed by atoms with Crippen LogP contribution in [0, 0.1) is 0 Å². The number of hydrogen-bond acceptors (Lipinski definition) is 5. The maximum atomic E-state index is 10.8. The summed E-state index contributed by atoms with van der Waals surface area (Å²) >= 11 is 0. The SMILES string of the molecule is CNc1cc(NCC(=O)OC)ccn1. The fourth-order valence-corrected chi connectivity index (χ4v) is 0.924. The predicted octanol–water partition coefficient (Wildman–Crippen LogP) is 0.708. The van der Waals surface area contributed by atoms with Gasteiger partial charge in [-0.3, -0.25) is 4.79 Å². The standard InChI is InChI=1S/C9H13N3O2/c1-10-8-5-7(3-4-11-8)12-6-9(13)14-2/h3-5H,6H2,1-2H3,(H2,10,11,12). The van der Waals surface area contributed by atoms with Crippen molar-refractivity contribution in [2.24, 2.45) is 0 Å². The lowest BCUT2D eigenvalue weighted by molar-refractivity contribution is -0.138. The van der Waals surface area contributed by atoms with Gasteiger partial charge in [0, 0.05) is 25.0 Å².